The van der Waals surface area contributed by atoms with Gasteiger partial charge in [-0.2, -0.15) is 0 Å². The van der Waals surface area contributed by atoms with E-state index in [1.54, 1.807) is 25.1 Å². The van der Waals surface area contributed by atoms with Crippen molar-refractivity contribution in [3.8, 4) is 0 Å². The minimum absolute atomic E-state index is 0.318. The van der Waals surface area contributed by atoms with Gasteiger partial charge in [-0.05, 0) is 37.5 Å². The highest BCUT2D eigenvalue weighted by molar-refractivity contribution is 5.22. The molecule has 1 atom stereocenters. The van der Waals surface area contributed by atoms with Gasteiger partial charge in [-0.3, -0.25) is 0 Å². The molecule has 1 unspecified atom stereocenters. The molecule has 1 aromatic carbocycles. The Bertz CT molecular complexity index is 318. The van der Waals surface area contributed by atoms with Crippen molar-refractivity contribution >= 4 is 0 Å². The fourth-order valence-corrected chi connectivity index (χ4v) is 1.35. The van der Waals surface area contributed by atoms with E-state index in [0.717, 1.165) is 0 Å². The van der Waals surface area contributed by atoms with E-state index in [0.29, 0.717) is 18.4 Å². The third kappa shape index (κ3) is 2.67. The number of halogens is 1. The number of hydrogen-bond donors (Lipinski definition) is 1. The van der Waals surface area contributed by atoms with Crippen LogP contribution in [0.1, 0.15) is 25.3 Å². The molecule has 0 fully saturated rings. The van der Waals surface area contributed by atoms with E-state index in [2.05, 4.69) is 6.58 Å². The minimum atomic E-state index is -0.976. The van der Waals surface area contributed by atoms with Gasteiger partial charge in [0.15, 0.2) is 0 Å². The van der Waals surface area contributed by atoms with Crippen molar-refractivity contribution < 1.29 is 9.50 Å². The Kier molecular flexibility index (Phi) is 3.42. The molecule has 1 rings (SSSR count). The smallest absolute Gasteiger partial charge is 0.123 e. The number of aliphatic hydroxyl groups is 1. The summed E-state index contributed by atoms with van der Waals surface area (Å²) >= 11 is 0. The second-order valence-electron chi connectivity index (χ2n) is 3.61. The molecule has 0 aliphatic heterocycles. The highest BCUT2D eigenvalue weighted by Gasteiger charge is 2.21. The summed E-state index contributed by atoms with van der Waals surface area (Å²) in [5.74, 6) is -0.318. The Morgan fingerprint density at radius 2 is 2.29 bits per heavy atom. The van der Waals surface area contributed by atoms with Crippen LogP contribution in [0.3, 0.4) is 0 Å². The lowest BCUT2D eigenvalue weighted by Crippen LogP contribution is -2.20. The lowest BCUT2D eigenvalue weighted by molar-refractivity contribution is 0.0485. The Labute approximate surface area is 83.9 Å². The van der Waals surface area contributed by atoms with E-state index in [1.165, 1.54) is 12.1 Å². The van der Waals surface area contributed by atoms with Crippen LogP contribution < -0.4 is 0 Å². The first-order chi connectivity index (χ1) is 6.56. The fraction of sp³-hybridized carbons (Fsp3) is 0.333. The maximum Gasteiger partial charge on any atom is 0.123 e. The summed E-state index contributed by atoms with van der Waals surface area (Å²) in [7, 11) is 0. The predicted octanol–water partition coefficient (Wildman–Crippen LogP) is 3.00. The zero-order valence-corrected chi connectivity index (χ0v) is 8.33. The second-order valence-corrected chi connectivity index (χ2v) is 3.61. The van der Waals surface area contributed by atoms with Crippen molar-refractivity contribution in [3.63, 3.8) is 0 Å². The summed E-state index contributed by atoms with van der Waals surface area (Å²) in [6, 6.07) is 6.06. The molecule has 1 aromatic rings. The molecule has 14 heavy (non-hydrogen) atoms. The zero-order chi connectivity index (χ0) is 10.6. The molecule has 1 N–H and O–H groups in total. The third-order valence-electron chi connectivity index (χ3n) is 2.28. The Morgan fingerprint density at radius 1 is 1.57 bits per heavy atom. The summed E-state index contributed by atoms with van der Waals surface area (Å²) in [5, 5.41) is 10.0. The van der Waals surface area contributed by atoms with Gasteiger partial charge < -0.3 is 5.11 Å². The molecule has 0 saturated heterocycles. The lowest BCUT2D eigenvalue weighted by Gasteiger charge is -2.23. The first-order valence-corrected chi connectivity index (χ1v) is 4.65. The highest BCUT2D eigenvalue weighted by Crippen LogP contribution is 2.26. The van der Waals surface area contributed by atoms with Crippen LogP contribution >= 0.6 is 0 Å². The van der Waals surface area contributed by atoms with E-state index in [1.807, 2.05) is 0 Å². The van der Waals surface area contributed by atoms with Crippen LogP contribution in [0.15, 0.2) is 36.9 Å². The standard InChI is InChI=1S/C12H15FO/c1-3-4-8-12(2,14)10-6-5-7-11(13)9-10/h3,5-7,9,14H,1,4,8H2,2H3. The average molecular weight is 194 g/mol. The van der Waals surface area contributed by atoms with Crippen LogP contribution in [-0.4, -0.2) is 5.11 Å². The fourth-order valence-electron chi connectivity index (χ4n) is 1.35. The number of benzene rings is 1. The molecular formula is C12H15FO. The molecule has 0 amide bonds. The normalized spacial score (nSPS) is 14.8. The molecule has 1 nitrogen and oxygen atoms in total. The molecule has 0 aromatic heterocycles. The van der Waals surface area contributed by atoms with E-state index >= 15 is 0 Å². The number of allylic oxidation sites excluding steroid dienone is 1. The summed E-state index contributed by atoms with van der Waals surface area (Å²) in [5.41, 5.74) is -0.365. The van der Waals surface area contributed by atoms with E-state index in [9.17, 15) is 9.50 Å². The van der Waals surface area contributed by atoms with Crippen molar-refractivity contribution in [2.75, 3.05) is 0 Å². The minimum Gasteiger partial charge on any atom is -0.385 e. The van der Waals surface area contributed by atoms with Crippen LogP contribution in [0.25, 0.3) is 0 Å². The van der Waals surface area contributed by atoms with Gasteiger partial charge in [0, 0.05) is 0 Å². The highest BCUT2D eigenvalue weighted by atomic mass is 19.1. The van der Waals surface area contributed by atoms with E-state index in [4.69, 9.17) is 0 Å². The van der Waals surface area contributed by atoms with Crippen molar-refractivity contribution in [2.24, 2.45) is 0 Å². The largest absolute Gasteiger partial charge is 0.385 e. The van der Waals surface area contributed by atoms with Gasteiger partial charge >= 0.3 is 0 Å². The summed E-state index contributed by atoms with van der Waals surface area (Å²) in [4.78, 5) is 0. The van der Waals surface area contributed by atoms with Gasteiger partial charge in [-0.25, -0.2) is 4.39 Å². The topological polar surface area (TPSA) is 20.2 Å². The Hall–Kier alpha value is -1.15. The molecule has 76 valence electrons. The van der Waals surface area contributed by atoms with Gasteiger partial charge in [-0.15, -0.1) is 6.58 Å². The zero-order valence-electron chi connectivity index (χ0n) is 8.33. The molecule has 0 aliphatic carbocycles. The van der Waals surface area contributed by atoms with Crippen molar-refractivity contribution in [3.05, 3.63) is 48.3 Å². The van der Waals surface area contributed by atoms with Crippen LogP contribution in [0.2, 0.25) is 0 Å². The van der Waals surface area contributed by atoms with Crippen LogP contribution in [0.5, 0.6) is 0 Å². The van der Waals surface area contributed by atoms with E-state index in [-0.39, 0.29) is 5.82 Å². The summed E-state index contributed by atoms with van der Waals surface area (Å²) < 4.78 is 12.9. The van der Waals surface area contributed by atoms with E-state index < -0.39 is 5.60 Å². The average Bonchev–Trinajstić information content (AvgIpc) is 2.15. The Morgan fingerprint density at radius 3 is 2.86 bits per heavy atom. The molecule has 0 saturated carbocycles. The van der Waals surface area contributed by atoms with Crippen LogP contribution in [-0.2, 0) is 5.60 Å². The van der Waals surface area contributed by atoms with Gasteiger partial charge in [0.2, 0.25) is 0 Å². The van der Waals surface area contributed by atoms with Crippen LogP contribution in [0, 0.1) is 5.82 Å². The summed E-state index contributed by atoms with van der Waals surface area (Å²) in [6.07, 6.45) is 3.01. The SMILES string of the molecule is C=CCCC(C)(O)c1cccc(F)c1. The number of rotatable bonds is 4. The Balaban J connectivity index is 2.85. The number of hydrogen-bond acceptors (Lipinski definition) is 1. The second kappa shape index (κ2) is 4.38. The van der Waals surface area contributed by atoms with Crippen molar-refractivity contribution in [1.82, 2.24) is 0 Å². The predicted molar refractivity (Wildman–Crippen MR) is 55.4 cm³/mol. The molecular weight excluding hydrogens is 179 g/mol. The first kappa shape index (κ1) is 10.9. The molecule has 0 aliphatic rings. The quantitative estimate of drug-likeness (QED) is 0.730. The molecule has 0 heterocycles. The third-order valence-corrected chi connectivity index (χ3v) is 2.28. The first-order valence-electron chi connectivity index (χ1n) is 4.65. The van der Waals surface area contributed by atoms with Crippen molar-refractivity contribution in [1.29, 1.82) is 0 Å². The van der Waals surface area contributed by atoms with Gasteiger partial charge in [0.05, 0.1) is 5.60 Å². The molecule has 0 bridgehead atoms. The van der Waals surface area contributed by atoms with Gasteiger partial charge in [0.1, 0.15) is 5.82 Å². The molecule has 0 radical (unpaired) electrons. The molecule has 2 heteroatoms. The monoisotopic (exact) mass is 194 g/mol. The van der Waals surface area contributed by atoms with Gasteiger partial charge in [0.25, 0.3) is 0 Å². The van der Waals surface area contributed by atoms with Crippen LogP contribution in [0.4, 0.5) is 4.39 Å². The maximum absolute atomic E-state index is 12.9. The lowest BCUT2D eigenvalue weighted by atomic mass is 9.91. The van der Waals surface area contributed by atoms with Gasteiger partial charge in [-0.1, -0.05) is 18.2 Å². The molecule has 0 spiro atoms. The maximum atomic E-state index is 12.9. The summed E-state index contributed by atoms with van der Waals surface area (Å²) in [6.45, 7) is 5.28. The van der Waals surface area contributed by atoms with Crippen molar-refractivity contribution in [2.45, 2.75) is 25.4 Å².